The monoisotopic (exact) mass is 320 g/mol. The fourth-order valence-electron chi connectivity index (χ4n) is 2.58. The van der Waals surface area contributed by atoms with Crippen LogP contribution in [-0.4, -0.2) is 19.5 Å². The molecule has 0 spiro atoms. The molecule has 0 radical (unpaired) electrons. The van der Waals surface area contributed by atoms with Gasteiger partial charge in [-0.15, -0.1) is 0 Å². The summed E-state index contributed by atoms with van der Waals surface area (Å²) in [6, 6.07) is 1.97. The lowest BCUT2D eigenvalue weighted by molar-refractivity contribution is 0.652. The van der Waals surface area contributed by atoms with E-state index < -0.39 is 0 Å². The Morgan fingerprint density at radius 1 is 1.26 bits per heavy atom. The zero-order valence-electron chi connectivity index (χ0n) is 11.1. The van der Waals surface area contributed by atoms with Crippen LogP contribution in [0.1, 0.15) is 43.4 Å². The zero-order valence-corrected chi connectivity index (χ0v) is 12.7. The highest BCUT2D eigenvalue weighted by atomic mass is 79.9. The summed E-state index contributed by atoms with van der Waals surface area (Å²) in [7, 11) is 0. The van der Waals surface area contributed by atoms with Crippen LogP contribution >= 0.6 is 15.9 Å². The molecule has 0 saturated heterocycles. The molecule has 1 aliphatic carbocycles. The van der Waals surface area contributed by atoms with Crippen LogP contribution in [0.25, 0.3) is 5.82 Å². The van der Waals surface area contributed by atoms with Gasteiger partial charge in [0.15, 0.2) is 0 Å². The van der Waals surface area contributed by atoms with Crippen LogP contribution in [0.15, 0.2) is 17.0 Å². The van der Waals surface area contributed by atoms with E-state index >= 15 is 0 Å². The molecule has 5 heteroatoms. The molecule has 0 fully saturated rings. The summed E-state index contributed by atoms with van der Waals surface area (Å²) in [5, 5.41) is 0. The molecule has 0 aromatic carbocycles. The second-order valence-corrected chi connectivity index (χ2v) is 5.74. The van der Waals surface area contributed by atoms with Gasteiger partial charge in [-0.1, -0.05) is 6.92 Å². The van der Waals surface area contributed by atoms with Gasteiger partial charge in [0.25, 0.3) is 0 Å². The van der Waals surface area contributed by atoms with E-state index in [-0.39, 0.29) is 0 Å². The molecular weight excluding hydrogens is 304 g/mol. The Labute approximate surface area is 121 Å². The van der Waals surface area contributed by atoms with Crippen molar-refractivity contribution in [3.05, 3.63) is 34.2 Å². The predicted molar refractivity (Wildman–Crippen MR) is 77.5 cm³/mol. The number of hydrogen-bond acceptors (Lipinski definition) is 3. The molecule has 19 heavy (non-hydrogen) atoms. The molecule has 100 valence electrons. The van der Waals surface area contributed by atoms with E-state index in [0.29, 0.717) is 0 Å². The topological polar surface area (TPSA) is 43.6 Å². The smallest absolute Gasteiger partial charge is 0.142 e. The summed E-state index contributed by atoms with van der Waals surface area (Å²) in [6.07, 6.45) is 8.55. The molecule has 2 aromatic heterocycles. The molecule has 0 amide bonds. The first-order chi connectivity index (χ1) is 9.28. The number of aromatic nitrogens is 4. The van der Waals surface area contributed by atoms with Crippen LogP contribution in [-0.2, 0) is 19.3 Å². The average Bonchev–Trinajstić information content (AvgIpc) is 2.82. The minimum Gasteiger partial charge on any atom is -0.287 e. The lowest BCUT2D eigenvalue weighted by Crippen LogP contribution is -2.09. The number of halogens is 1. The van der Waals surface area contributed by atoms with E-state index in [2.05, 4.69) is 42.4 Å². The van der Waals surface area contributed by atoms with E-state index in [1.165, 1.54) is 24.2 Å². The van der Waals surface area contributed by atoms with E-state index in [4.69, 9.17) is 0 Å². The first-order valence-electron chi connectivity index (χ1n) is 6.87. The van der Waals surface area contributed by atoms with Crippen LogP contribution in [0.4, 0.5) is 0 Å². The van der Waals surface area contributed by atoms with Gasteiger partial charge in [-0.2, -0.15) is 0 Å². The van der Waals surface area contributed by atoms with Crippen LogP contribution in [0.2, 0.25) is 0 Å². The molecule has 0 unspecified atom stereocenters. The molecule has 2 aromatic rings. The van der Waals surface area contributed by atoms with E-state index in [1.807, 2.05) is 12.4 Å². The van der Waals surface area contributed by atoms with E-state index in [0.717, 1.165) is 41.9 Å². The quantitative estimate of drug-likeness (QED) is 0.815. The fourth-order valence-corrected chi connectivity index (χ4v) is 2.99. The van der Waals surface area contributed by atoms with Crippen molar-refractivity contribution < 1.29 is 0 Å². The van der Waals surface area contributed by atoms with Crippen molar-refractivity contribution in [3.8, 4) is 5.82 Å². The van der Waals surface area contributed by atoms with Gasteiger partial charge in [-0.05, 0) is 48.0 Å². The summed E-state index contributed by atoms with van der Waals surface area (Å²) in [5.74, 6) is 1.83. The first kappa shape index (κ1) is 12.8. The Balaban J connectivity index is 2.04. The molecule has 1 aliphatic rings. The number of hydrogen-bond donors (Lipinski definition) is 0. The van der Waals surface area contributed by atoms with Crippen LogP contribution in [0.3, 0.4) is 0 Å². The molecule has 2 heterocycles. The third-order valence-electron chi connectivity index (χ3n) is 3.48. The van der Waals surface area contributed by atoms with E-state index in [1.54, 1.807) is 0 Å². The average molecular weight is 321 g/mol. The van der Waals surface area contributed by atoms with Gasteiger partial charge in [-0.3, -0.25) is 4.57 Å². The van der Waals surface area contributed by atoms with Gasteiger partial charge >= 0.3 is 0 Å². The summed E-state index contributed by atoms with van der Waals surface area (Å²) < 4.78 is 2.97. The van der Waals surface area contributed by atoms with Crippen molar-refractivity contribution in [2.24, 2.45) is 0 Å². The Bertz CT molecular complexity index is 591. The second-order valence-electron chi connectivity index (χ2n) is 4.93. The van der Waals surface area contributed by atoms with Gasteiger partial charge in [0.2, 0.25) is 0 Å². The Kier molecular flexibility index (Phi) is 3.64. The van der Waals surface area contributed by atoms with Crippen molar-refractivity contribution >= 4 is 15.9 Å². The lowest BCUT2D eigenvalue weighted by Gasteiger charge is -2.14. The molecule has 4 nitrogen and oxygen atoms in total. The Hall–Kier alpha value is -1.23. The summed E-state index contributed by atoms with van der Waals surface area (Å²) >= 11 is 3.48. The van der Waals surface area contributed by atoms with E-state index in [9.17, 15) is 0 Å². The summed E-state index contributed by atoms with van der Waals surface area (Å²) in [4.78, 5) is 13.6. The van der Waals surface area contributed by atoms with Gasteiger partial charge in [-0.25, -0.2) is 15.0 Å². The molecule has 0 bridgehead atoms. The number of fused-ring (bicyclic) bond motifs is 1. The molecule has 0 saturated carbocycles. The zero-order chi connectivity index (χ0) is 13.2. The van der Waals surface area contributed by atoms with Crippen molar-refractivity contribution in [1.82, 2.24) is 19.5 Å². The number of aryl methyl sites for hydroxylation is 2. The minimum atomic E-state index is 0.846. The summed E-state index contributed by atoms with van der Waals surface area (Å²) in [5.41, 5.74) is 2.55. The molecule has 0 N–H and O–H groups in total. The highest BCUT2D eigenvalue weighted by Crippen LogP contribution is 2.23. The highest BCUT2D eigenvalue weighted by molar-refractivity contribution is 9.10. The number of nitrogens with zero attached hydrogens (tertiary/aromatic N) is 4. The number of rotatable bonds is 3. The fraction of sp³-hybridized carbons (Fsp3) is 0.500. The Morgan fingerprint density at radius 2 is 2.11 bits per heavy atom. The van der Waals surface area contributed by atoms with Crippen molar-refractivity contribution in [3.63, 3.8) is 0 Å². The first-order valence-corrected chi connectivity index (χ1v) is 7.66. The van der Waals surface area contributed by atoms with Crippen molar-refractivity contribution in [2.75, 3.05) is 0 Å². The number of imidazole rings is 1. The minimum absolute atomic E-state index is 0.846. The third kappa shape index (κ3) is 2.56. The maximum atomic E-state index is 4.66. The lowest BCUT2D eigenvalue weighted by atomic mass is 10.0. The normalized spacial score (nSPS) is 14.4. The van der Waals surface area contributed by atoms with Crippen molar-refractivity contribution in [1.29, 1.82) is 0 Å². The molecule has 0 atom stereocenters. The Morgan fingerprint density at radius 3 is 2.95 bits per heavy atom. The largest absolute Gasteiger partial charge is 0.287 e. The maximum absolute atomic E-state index is 4.66. The van der Waals surface area contributed by atoms with Crippen LogP contribution in [0, 0.1) is 0 Å². The van der Waals surface area contributed by atoms with Gasteiger partial charge in [0.05, 0.1) is 5.69 Å². The predicted octanol–water partition coefficient (Wildman–Crippen LogP) is 3.26. The van der Waals surface area contributed by atoms with Gasteiger partial charge in [0, 0.05) is 18.2 Å². The maximum Gasteiger partial charge on any atom is 0.142 e. The van der Waals surface area contributed by atoms with Gasteiger partial charge in [0.1, 0.15) is 22.6 Å². The van der Waals surface area contributed by atoms with Crippen molar-refractivity contribution in [2.45, 2.75) is 45.4 Å². The van der Waals surface area contributed by atoms with Crippen LogP contribution < -0.4 is 0 Å². The molecule has 3 rings (SSSR count). The highest BCUT2D eigenvalue weighted by Gasteiger charge is 2.17. The SMILES string of the molecule is CCCc1nc(Br)cc(-n2cnc3c2CCCC3)n1. The summed E-state index contributed by atoms with van der Waals surface area (Å²) in [6.45, 7) is 2.14. The standard InChI is InChI=1S/C14H17BrN4/c1-2-5-13-17-12(15)8-14(18-13)19-9-16-10-6-3-4-7-11(10)19/h8-9H,2-7H2,1H3. The van der Waals surface area contributed by atoms with Crippen LogP contribution in [0.5, 0.6) is 0 Å². The molecular formula is C14H17BrN4. The van der Waals surface area contributed by atoms with Gasteiger partial charge < -0.3 is 0 Å². The second kappa shape index (κ2) is 5.41. The molecule has 0 aliphatic heterocycles. The third-order valence-corrected chi connectivity index (χ3v) is 3.88.